The number of hydrogen-bond acceptors (Lipinski definition) is 6. The summed E-state index contributed by atoms with van der Waals surface area (Å²) in [7, 11) is 1.82. The fourth-order valence-electron chi connectivity index (χ4n) is 5.12. The molecule has 1 N–H and O–H groups in total. The highest BCUT2D eigenvalue weighted by Crippen LogP contribution is 2.41. The molecule has 2 amide bonds. The monoisotopic (exact) mass is 550 g/mol. The van der Waals surface area contributed by atoms with Crippen molar-refractivity contribution in [2.45, 2.75) is 51.1 Å². The molecule has 8 nitrogen and oxygen atoms in total. The quantitative estimate of drug-likeness (QED) is 0.605. The average Bonchev–Trinajstić information content (AvgIpc) is 3.02. The van der Waals surface area contributed by atoms with Gasteiger partial charge in [0.2, 0.25) is 11.8 Å². The van der Waals surface area contributed by atoms with Crippen LogP contribution in [0.5, 0.6) is 0 Å². The number of fused-ring (bicyclic) bond motifs is 1. The van der Waals surface area contributed by atoms with Crippen LogP contribution in [0.25, 0.3) is 0 Å². The number of amides is 2. The maximum Gasteiger partial charge on any atom is 0.272 e. The Balaban J connectivity index is 0.00000228. The fraction of sp³-hybridized carbons (Fsp3) is 0.708. The Morgan fingerprint density at radius 1 is 1.28 bits per heavy atom. The van der Waals surface area contributed by atoms with Gasteiger partial charge in [-0.25, -0.2) is 8.78 Å². The zero-order valence-electron chi connectivity index (χ0n) is 21.6. The van der Waals surface area contributed by atoms with Crippen LogP contribution in [-0.4, -0.2) is 103 Å². The van der Waals surface area contributed by atoms with Gasteiger partial charge in [0.25, 0.3) is 5.92 Å². The molecule has 0 aromatic carbocycles. The second-order valence-corrected chi connectivity index (χ2v) is 10.8. The molecular formula is C24H38Cl2F2N6O2. The predicted octanol–water partition coefficient (Wildman–Crippen LogP) is 2.10. The van der Waals surface area contributed by atoms with E-state index in [1.54, 1.807) is 9.80 Å². The van der Waals surface area contributed by atoms with Crippen LogP contribution in [0.3, 0.4) is 0 Å². The van der Waals surface area contributed by atoms with Crippen molar-refractivity contribution in [3.8, 4) is 0 Å². The average molecular weight is 552 g/mol. The first-order chi connectivity index (χ1) is 15.8. The second-order valence-electron chi connectivity index (χ2n) is 10.8. The molecular weight excluding hydrogens is 513 g/mol. The van der Waals surface area contributed by atoms with Crippen LogP contribution in [0.4, 0.5) is 14.5 Å². The van der Waals surface area contributed by atoms with Crippen LogP contribution < -0.4 is 10.2 Å². The van der Waals surface area contributed by atoms with Crippen LogP contribution in [0.15, 0.2) is 12.3 Å². The fourth-order valence-corrected chi connectivity index (χ4v) is 5.12. The summed E-state index contributed by atoms with van der Waals surface area (Å²) >= 11 is 0. The van der Waals surface area contributed by atoms with Crippen LogP contribution in [0.2, 0.25) is 0 Å². The lowest BCUT2D eigenvalue weighted by Gasteiger charge is -2.43. The first-order valence-corrected chi connectivity index (χ1v) is 12.0. The molecule has 2 saturated heterocycles. The summed E-state index contributed by atoms with van der Waals surface area (Å²) in [5, 5.41) is 3.49. The highest BCUT2D eigenvalue weighted by atomic mass is 35.5. The number of alkyl halides is 2. The number of hydrogen-bond donors (Lipinski definition) is 1. The highest BCUT2D eigenvalue weighted by Gasteiger charge is 2.42. The van der Waals surface area contributed by atoms with E-state index in [9.17, 15) is 18.4 Å². The van der Waals surface area contributed by atoms with Gasteiger partial charge < -0.3 is 15.1 Å². The maximum absolute atomic E-state index is 14.0. The van der Waals surface area contributed by atoms with Crippen molar-refractivity contribution in [2.75, 3.05) is 64.3 Å². The van der Waals surface area contributed by atoms with Gasteiger partial charge in [-0.15, -0.1) is 24.8 Å². The minimum absolute atomic E-state index is 0. The molecule has 0 bridgehead atoms. The minimum atomic E-state index is -3.03. The van der Waals surface area contributed by atoms with E-state index in [2.05, 4.69) is 27.0 Å². The molecule has 0 saturated carbocycles. The van der Waals surface area contributed by atoms with Crippen LogP contribution in [0.1, 0.15) is 39.0 Å². The van der Waals surface area contributed by atoms with E-state index >= 15 is 0 Å². The van der Waals surface area contributed by atoms with Gasteiger partial charge in [-0.3, -0.25) is 24.4 Å². The number of carbonyl (C=O) groups excluding carboxylic acids is 2. The highest BCUT2D eigenvalue weighted by molar-refractivity contribution is 5.97. The first-order valence-electron chi connectivity index (χ1n) is 12.0. The number of carbonyl (C=O) groups is 2. The lowest BCUT2D eigenvalue weighted by molar-refractivity contribution is -0.135. The van der Waals surface area contributed by atoms with Crippen molar-refractivity contribution in [1.82, 2.24) is 25.0 Å². The van der Waals surface area contributed by atoms with E-state index in [1.807, 2.05) is 20.9 Å². The SMILES string of the molecule is C[C@@H]1CN(CC(=O)N2CC(C)(C)c3ncc(C(C)(F)F)cc32)[C@@H](CN2CCN(C)C(=O)C2)CN1.Cl.Cl. The summed E-state index contributed by atoms with van der Waals surface area (Å²) in [5.41, 5.74) is 0.562. The normalized spacial score (nSPS) is 24.7. The van der Waals surface area contributed by atoms with Gasteiger partial charge in [-0.2, -0.15) is 0 Å². The summed E-state index contributed by atoms with van der Waals surface area (Å²) in [4.78, 5) is 37.7. The predicted molar refractivity (Wildman–Crippen MR) is 141 cm³/mol. The largest absolute Gasteiger partial charge is 0.343 e. The van der Waals surface area contributed by atoms with Crippen LogP contribution in [-0.2, 0) is 20.9 Å². The number of likely N-dealkylation sites (N-methyl/N-ethyl adjacent to an activating group) is 1. The van der Waals surface area contributed by atoms with E-state index < -0.39 is 11.3 Å². The van der Waals surface area contributed by atoms with Crippen molar-refractivity contribution >= 4 is 42.3 Å². The van der Waals surface area contributed by atoms with Crippen molar-refractivity contribution in [2.24, 2.45) is 0 Å². The smallest absolute Gasteiger partial charge is 0.272 e. The zero-order valence-corrected chi connectivity index (χ0v) is 23.2. The molecule has 204 valence electrons. The number of nitrogens with one attached hydrogen (secondary N) is 1. The third-order valence-electron chi connectivity index (χ3n) is 7.23. The van der Waals surface area contributed by atoms with Crippen molar-refractivity contribution in [1.29, 1.82) is 0 Å². The van der Waals surface area contributed by atoms with Gasteiger partial charge in [0.1, 0.15) is 0 Å². The van der Waals surface area contributed by atoms with E-state index in [4.69, 9.17) is 0 Å². The topological polar surface area (TPSA) is 72.0 Å². The standard InChI is InChI=1S/C24H36F2N6O2.2ClH/c1-16-11-31(18(10-27-16)12-30-7-6-29(5)20(33)13-30)14-21(34)32-15-23(2,3)22-19(32)8-17(9-28-22)24(4,25)26;;/h8-9,16,18,27H,6-7,10-15H2,1-5H3;2*1H/t16-,18-;;/m1../s1. The maximum atomic E-state index is 14.0. The molecule has 2 fully saturated rings. The van der Waals surface area contributed by atoms with E-state index in [0.717, 1.165) is 20.0 Å². The molecule has 1 aromatic rings. The summed E-state index contributed by atoms with van der Waals surface area (Å²) in [6.07, 6.45) is 1.22. The Bertz CT molecular complexity index is 961. The number of nitrogens with zero attached hydrogens (tertiary/aromatic N) is 5. The molecule has 1 aromatic heterocycles. The van der Waals surface area contributed by atoms with Crippen LogP contribution >= 0.6 is 24.8 Å². The Labute approximate surface area is 224 Å². The number of anilines is 1. The van der Waals surface area contributed by atoms with Gasteiger partial charge in [-0.05, 0) is 13.0 Å². The number of pyridine rings is 1. The molecule has 4 rings (SSSR count). The van der Waals surface area contributed by atoms with Gasteiger partial charge in [0, 0.05) is 82.5 Å². The zero-order chi connectivity index (χ0) is 24.8. The Morgan fingerprint density at radius 3 is 2.61 bits per heavy atom. The van der Waals surface area contributed by atoms with E-state index in [0.29, 0.717) is 44.1 Å². The molecule has 0 spiro atoms. The summed E-state index contributed by atoms with van der Waals surface area (Å²) in [6, 6.07) is 1.73. The van der Waals surface area contributed by atoms with Crippen molar-refractivity contribution < 1.29 is 18.4 Å². The molecule has 0 radical (unpaired) electrons. The van der Waals surface area contributed by atoms with Gasteiger partial charge in [0.15, 0.2) is 0 Å². The molecule has 2 atom stereocenters. The lowest BCUT2D eigenvalue weighted by Crippen LogP contribution is -2.62. The number of aromatic nitrogens is 1. The Hall–Kier alpha value is -1.59. The van der Waals surface area contributed by atoms with Crippen molar-refractivity contribution in [3.63, 3.8) is 0 Å². The van der Waals surface area contributed by atoms with Gasteiger partial charge in [-0.1, -0.05) is 13.8 Å². The summed E-state index contributed by atoms with van der Waals surface area (Å²) < 4.78 is 28.0. The molecule has 4 heterocycles. The second kappa shape index (κ2) is 11.4. The number of rotatable bonds is 5. The number of halogens is 4. The van der Waals surface area contributed by atoms with Gasteiger partial charge >= 0.3 is 0 Å². The molecule has 3 aliphatic heterocycles. The first kappa shape index (κ1) is 30.6. The van der Waals surface area contributed by atoms with E-state index in [1.165, 1.54) is 12.3 Å². The third-order valence-corrected chi connectivity index (χ3v) is 7.23. The third kappa shape index (κ3) is 6.45. The Kier molecular flexibility index (Phi) is 9.73. The molecule has 36 heavy (non-hydrogen) atoms. The summed E-state index contributed by atoms with van der Waals surface area (Å²) in [6.45, 7) is 11.5. The summed E-state index contributed by atoms with van der Waals surface area (Å²) in [5.74, 6) is -3.03. The van der Waals surface area contributed by atoms with Crippen LogP contribution in [0, 0.1) is 0 Å². The number of piperazine rings is 2. The molecule has 0 unspecified atom stereocenters. The van der Waals surface area contributed by atoms with Gasteiger partial charge in [0.05, 0.1) is 24.5 Å². The molecule has 12 heteroatoms. The molecule has 3 aliphatic rings. The minimum Gasteiger partial charge on any atom is -0.343 e. The van der Waals surface area contributed by atoms with E-state index in [-0.39, 0.29) is 60.8 Å². The molecule has 0 aliphatic carbocycles. The lowest BCUT2D eigenvalue weighted by atomic mass is 9.91. The van der Waals surface area contributed by atoms with Crippen molar-refractivity contribution in [3.05, 3.63) is 23.5 Å². The Morgan fingerprint density at radius 2 is 1.97 bits per heavy atom.